The van der Waals surface area contributed by atoms with Crippen LogP contribution in [0.5, 0.6) is 0 Å². The molecule has 3 heterocycles. The molecule has 32 heavy (non-hydrogen) atoms. The first-order valence-corrected chi connectivity index (χ1v) is 11.3. The van der Waals surface area contributed by atoms with Crippen LogP contribution in [0.25, 0.3) is 11.2 Å². The Balaban J connectivity index is 1.39. The fraction of sp³-hybridized carbons (Fsp3) is 0.368. The van der Waals surface area contributed by atoms with Gasteiger partial charge in [0.25, 0.3) is 0 Å². The first kappa shape index (κ1) is 22.0. The van der Waals surface area contributed by atoms with Crippen molar-refractivity contribution in [2.24, 2.45) is 0 Å². The number of carbonyl (C=O) groups is 1. The van der Waals surface area contributed by atoms with E-state index in [2.05, 4.69) is 15.0 Å². The third-order valence-electron chi connectivity index (χ3n) is 4.97. The van der Waals surface area contributed by atoms with Crippen LogP contribution in [-0.4, -0.2) is 71.1 Å². The number of esters is 1. The molecule has 4 rings (SSSR count). The summed E-state index contributed by atoms with van der Waals surface area (Å²) >= 11 is 0. The minimum absolute atomic E-state index is 0.0149. The Morgan fingerprint density at radius 2 is 2.00 bits per heavy atom. The summed E-state index contributed by atoms with van der Waals surface area (Å²) in [6.45, 7) is 1.35. The minimum atomic E-state index is -3.87. The van der Waals surface area contributed by atoms with Gasteiger partial charge in [-0.2, -0.15) is 4.31 Å². The second-order valence-electron chi connectivity index (χ2n) is 7.02. The summed E-state index contributed by atoms with van der Waals surface area (Å²) in [7, 11) is -3.87. The zero-order chi connectivity index (χ0) is 22.7. The molecule has 0 bridgehead atoms. The Bertz CT molecular complexity index is 1240. The number of imidazole rings is 1. The molecule has 0 aliphatic carbocycles. The molecule has 0 radical (unpaired) electrons. The van der Waals surface area contributed by atoms with Crippen LogP contribution in [0.1, 0.15) is 16.8 Å². The number of hydrogen-bond acceptors (Lipinski definition) is 9. The second-order valence-corrected chi connectivity index (χ2v) is 8.95. The predicted molar refractivity (Wildman–Crippen MR) is 111 cm³/mol. The molecule has 170 valence electrons. The summed E-state index contributed by atoms with van der Waals surface area (Å²) in [6.07, 6.45) is 3.28. The lowest BCUT2D eigenvalue weighted by Crippen LogP contribution is -2.40. The molecule has 1 aromatic carbocycles. The average molecular weight is 464 g/mol. The van der Waals surface area contributed by atoms with E-state index in [1.165, 1.54) is 10.6 Å². The Morgan fingerprint density at radius 3 is 2.78 bits per heavy atom. The van der Waals surface area contributed by atoms with Crippen LogP contribution in [-0.2, 0) is 26.0 Å². The van der Waals surface area contributed by atoms with Crippen molar-refractivity contribution >= 4 is 33.0 Å². The van der Waals surface area contributed by atoms with Gasteiger partial charge in [0.05, 0.1) is 36.6 Å². The van der Waals surface area contributed by atoms with Gasteiger partial charge in [-0.1, -0.05) is 0 Å². The first-order chi connectivity index (χ1) is 15.4. The third kappa shape index (κ3) is 4.40. The fourth-order valence-corrected chi connectivity index (χ4v) is 4.73. The number of fused-ring (bicyclic) bond motifs is 1. The largest absolute Gasteiger partial charge is 0.462 e. The van der Waals surface area contributed by atoms with Crippen molar-refractivity contribution in [1.29, 1.82) is 0 Å². The molecule has 0 unspecified atom stereocenters. The minimum Gasteiger partial charge on any atom is -0.462 e. The molecule has 2 N–H and O–H groups in total. The molecule has 1 aliphatic rings. The number of aryl methyl sites for hydroxylation is 1. The zero-order valence-electron chi connectivity index (χ0n) is 17.0. The molecule has 0 saturated carbocycles. The lowest BCUT2D eigenvalue weighted by Gasteiger charge is -2.26. The maximum Gasteiger partial charge on any atom is 0.341 e. The van der Waals surface area contributed by atoms with E-state index < -0.39 is 27.4 Å². The number of aromatic nitrogens is 4. The second kappa shape index (κ2) is 9.14. The number of benzene rings is 1. The van der Waals surface area contributed by atoms with E-state index in [-0.39, 0.29) is 43.6 Å². The van der Waals surface area contributed by atoms with Crippen LogP contribution in [0.4, 0.5) is 10.2 Å². The van der Waals surface area contributed by atoms with E-state index in [1.54, 1.807) is 10.9 Å². The van der Waals surface area contributed by atoms with Crippen LogP contribution >= 0.6 is 0 Å². The van der Waals surface area contributed by atoms with E-state index in [4.69, 9.17) is 15.2 Å². The highest BCUT2D eigenvalue weighted by molar-refractivity contribution is 7.89. The van der Waals surface area contributed by atoms with Gasteiger partial charge >= 0.3 is 5.97 Å². The number of nitrogen functional groups attached to an aromatic ring is 1. The van der Waals surface area contributed by atoms with Crippen molar-refractivity contribution in [2.45, 2.75) is 17.9 Å². The number of ether oxygens (including phenoxy) is 2. The van der Waals surface area contributed by atoms with E-state index >= 15 is 0 Å². The number of hydrogen-bond donors (Lipinski definition) is 1. The molecule has 0 spiro atoms. The number of rotatable bonds is 7. The molecule has 0 amide bonds. The standard InChI is InChI=1S/C19H21FN6O5S/c20-15-3-2-13(32(28,29)26-5-8-30-9-6-26)10-14(15)19(27)31-7-1-4-25-12-24-16-17(21)22-11-23-18(16)25/h2-3,10-12H,1,4-9H2,(H2,21,22,23). The van der Waals surface area contributed by atoms with Crippen molar-refractivity contribution in [3.8, 4) is 0 Å². The Kier molecular flexibility index (Phi) is 6.30. The first-order valence-electron chi connectivity index (χ1n) is 9.84. The van der Waals surface area contributed by atoms with Crippen molar-refractivity contribution in [3.63, 3.8) is 0 Å². The Morgan fingerprint density at radius 1 is 1.22 bits per heavy atom. The SMILES string of the molecule is Nc1ncnc2c1ncn2CCCOC(=O)c1cc(S(=O)(=O)N2CCOCC2)ccc1F. The fourth-order valence-electron chi connectivity index (χ4n) is 3.30. The summed E-state index contributed by atoms with van der Waals surface area (Å²) in [5, 5.41) is 0. The zero-order valence-corrected chi connectivity index (χ0v) is 17.8. The normalized spacial score (nSPS) is 15.2. The van der Waals surface area contributed by atoms with Crippen molar-refractivity contribution in [2.75, 3.05) is 38.6 Å². The molecule has 1 fully saturated rings. The van der Waals surface area contributed by atoms with Crippen molar-refractivity contribution in [3.05, 3.63) is 42.2 Å². The summed E-state index contributed by atoms with van der Waals surface area (Å²) in [5.74, 6) is -1.53. The number of morpholine rings is 1. The molecular formula is C19H21FN6O5S. The third-order valence-corrected chi connectivity index (χ3v) is 6.87. The lowest BCUT2D eigenvalue weighted by molar-refractivity contribution is 0.0490. The van der Waals surface area contributed by atoms with Gasteiger partial charge in [-0.25, -0.2) is 32.6 Å². The maximum atomic E-state index is 14.2. The Labute approximate surface area is 183 Å². The van der Waals surface area contributed by atoms with E-state index in [1.807, 2.05) is 0 Å². The molecular weight excluding hydrogens is 443 g/mol. The summed E-state index contributed by atoms with van der Waals surface area (Å²) in [6, 6.07) is 3.09. The Hall–Kier alpha value is -3.16. The van der Waals surface area contributed by atoms with Gasteiger partial charge in [0.2, 0.25) is 10.0 Å². The van der Waals surface area contributed by atoms with E-state index in [0.29, 0.717) is 24.1 Å². The summed E-state index contributed by atoms with van der Waals surface area (Å²) in [4.78, 5) is 24.4. The molecule has 3 aromatic rings. The van der Waals surface area contributed by atoms with Crippen LogP contribution < -0.4 is 5.73 Å². The monoisotopic (exact) mass is 464 g/mol. The highest BCUT2D eigenvalue weighted by Gasteiger charge is 2.28. The van der Waals surface area contributed by atoms with Crippen molar-refractivity contribution < 1.29 is 27.1 Å². The smallest absolute Gasteiger partial charge is 0.341 e. The number of nitrogens with two attached hydrogens (primary N) is 1. The molecule has 1 aliphatic heterocycles. The summed E-state index contributed by atoms with van der Waals surface area (Å²) < 4.78 is 53.1. The highest BCUT2D eigenvalue weighted by Crippen LogP contribution is 2.21. The van der Waals surface area contributed by atoms with Gasteiger partial charge in [-0.05, 0) is 24.6 Å². The van der Waals surface area contributed by atoms with Gasteiger partial charge in [-0.15, -0.1) is 0 Å². The highest BCUT2D eigenvalue weighted by atomic mass is 32.2. The number of sulfonamides is 1. The molecule has 2 aromatic heterocycles. The quantitative estimate of drug-likeness (QED) is 0.397. The van der Waals surface area contributed by atoms with Gasteiger partial charge in [-0.3, -0.25) is 0 Å². The predicted octanol–water partition coefficient (Wildman–Crippen LogP) is 0.816. The molecule has 13 heteroatoms. The number of carbonyl (C=O) groups excluding carboxylic acids is 1. The van der Waals surface area contributed by atoms with Crippen LogP contribution in [0.15, 0.2) is 35.7 Å². The van der Waals surface area contributed by atoms with Crippen molar-refractivity contribution in [1.82, 2.24) is 23.8 Å². The maximum absolute atomic E-state index is 14.2. The van der Waals surface area contributed by atoms with Gasteiger partial charge in [0.1, 0.15) is 17.7 Å². The number of halogens is 1. The number of anilines is 1. The topological polar surface area (TPSA) is 143 Å². The van der Waals surface area contributed by atoms with Crippen LogP contribution in [0, 0.1) is 5.82 Å². The van der Waals surface area contributed by atoms with Crippen LogP contribution in [0.2, 0.25) is 0 Å². The molecule has 11 nitrogen and oxygen atoms in total. The van der Waals surface area contributed by atoms with E-state index in [0.717, 1.165) is 18.2 Å². The number of nitrogens with zero attached hydrogens (tertiary/aromatic N) is 5. The van der Waals surface area contributed by atoms with Gasteiger partial charge < -0.3 is 19.8 Å². The van der Waals surface area contributed by atoms with Crippen LogP contribution in [0.3, 0.4) is 0 Å². The average Bonchev–Trinajstić information content (AvgIpc) is 3.21. The van der Waals surface area contributed by atoms with Gasteiger partial charge in [0.15, 0.2) is 11.5 Å². The van der Waals surface area contributed by atoms with E-state index in [9.17, 15) is 17.6 Å². The summed E-state index contributed by atoms with van der Waals surface area (Å²) in [5.41, 5.74) is 6.34. The molecule has 1 saturated heterocycles. The molecule has 0 atom stereocenters. The lowest BCUT2D eigenvalue weighted by atomic mass is 10.2. The van der Waals surface area contributed by atoms with Gasteiger partial charge in [0, 0.05) is 19.6 Å².